The summed E-state index contributed by atoms with van der Waals surface area (Å²) in [5.74, 6) is -2.30. The summed E-state index contributed by atoms with van der Waals surface area (Å²) in [5, 5.41) is 17.1. The lowest BCUT2D eigenvalue weighted by Crippen LogP contribution is -2.11. The molecule has 0 aromatic carbocycles. The lowest BCUT2D eigenvalue weighted by atomic mass is 9.92. The maximum atomic E-state index is 10.6. The molecule has 0 bridgehead atoms. The predicted molar refractivity (Wildman–Crippen MR) is 47.4 cm³/mol. The van der Waals surface area contributed by atoms with Crippen molar-refractivity contribution in [2.24, 2.45) is 5.41 Å². The van der Waals surface area contributed by atoms with Crippen LogP contribution in [0.5, 0.6) is 0 Å². The van der Waals surface area contributed by atoms with Crippen molar-refractivity contribution in [2.75, 3.05) is 0 Å². The normalized spacial score (nSPS) is 12.7. The van der Waals surface area contributed by atoms with Crippen molar-refractivity contribution >= 4 is 11.9 Å². The van der Waals surface area contributed by atoms with Crippen LogP contribution in [0.4, 0.5) is 0 Å². The monoisotopic (exact) mass is 186 g/mol. The van der Waals surface area contributed by atoms with Gasteiger partial charge in [-0.1, -0.05) is 26.8 Å². The number of aliphatic carboxylic acids is 2. The fraction of sp³-hybridized carbons (Fsp3) is 0.556. The van der Waals surface area contributed by atoms with Gasteiger partial charge in [0.15, 0.2) is 0 Å². The fourth-order valence-corrected chi connectivity index (χ4v) is 0.874. The molecule has 13 heavy (non-hydrogen) atoms. The molecular weight excluding hydrogens is 172 g/mol. The van der Waals surface area contributed by atoms with Crippen LogP contribution in [0.15, 0.2) is 11.6 Å². The molecule has 0 fully saturated rings. The molecule has 0 aliphatic carbocycles. The second-order valence-corrected chi connectivity index (χ2v) is 3.91. The van der Waals surface area contributed by atoms with Crippen LogP contribution in [0.3, 0.4) is 0 Å². The number of allylic oxidation sites excluding steroid dienone is 1. The van der Waals surface area contributed by atoms with Crippen molar-refractivity contribution in [3.63, 3.8) is 0 Å². The summed E-state index contributed by atoms with van der Waals surface area (Å²) in [6.45, 7) is 5.45. The third-order valence-electron chi connectivity index (χ3n) is 1.22. The maximum Gasteiger partial charge on any atom is 0.331 e. The van der Waals surface area contributed by atoms with Crippen molar-refractivity contribution in [3.8, 4) is 0 Å². The molecule has 0 aromatic heterocycles. The van der Waals surface area contributed by atoms with Gasteiger partial charge in [0, 0.05) is 5.57 Å². The van der Waals surface area contributed by atoms with E-state index in [9.17, 15) is 9.59 Å². The summed E-state index contributed by atoms with van der Waals surface area (Å²) in [4.78, 5) is 20.9. The van der Waals surface area contributed by atoms with Crippen LogP contribution in [0.2, 0.25) is 0 Å². The quantitative estimate of drug-likeness (QED) is 0.655. The Labute approximate surface area is 76.9 Å². The van der Waals surface area contributed by atoms with Crippen molar-refractivity contribution in [3.05, 3.63) is 11.6 Å². The largest absolute Gasteiger partial charge is 0.481 e. The van der Waals surface area contributed by atoms with Crippen LogP contribution in [-0.2, 0) is 9.59 Å². The molecule has 4 heteroatoms. The van der Waals surface area contributed by atoms with Crippen LogP contribution >= 0.6 is 0 Å². The molecule has 0 aromatic rings. The highest BCUT2D eigenvalue weighted by Gasteiger charge is 2.16. The summed E-state index contributed by atoms with van der Waals surface area (Å²) in [6, 6.07) is 0. The standard InChI is InChI=1S/C9H14O4/c1-9(2,3)5-6(8(12)13)4-7(10)11/h5H,4H2,1-3H3,(H,10,11)(H,12,13)/b6-5-. The van der Waals surface area contributed by atoms with Crippen LogP contribution in [0, 0.1) is 5.41 Å². The molecule has 2 N–H and O–H groups in total. The van der Waals surface area contributed by atoms with Gasteiger partial charge in [0.2, 0.25) is 0 Å². The molecule has 0 aliphatic rings. The highest BCUT2D eigenvalue weighted by atomic mass is 16.4. The van der Waals surface area contributed by atoms with E-state index in [1.807, 2.05) is 20.8 Å². The number of rotatable bonds is 3. The molecule has 0 saturated heterocycles. The molecular formula is C9H14O4. The van der Waals surface area contributed by atoms with Crippen LogP contribution in [0.1, 0.15) is 27.2 Å². The Hall–Kier alpha value is -1.32. The molecule has 0 rings (SSSR count). The molecule has 0 aliphatic heterocycles. The van der Waals surface area contributed by atoms with E-state index in [2.05, 4.69) is 0 Å². The van der Waals surface area contributed by atoms with Gasteiger partial charge in [-0.25, -0.2) is 4.79 Å². The van der Waals surface area contributed by atoms with Gasteiger partial charge in [0.1, 0.15) is 0 Å². The lowest BCUT2D eigenvalue weighted by Gasteiger charge is -2.13. The second-order valence-electron chi connectivity index (χ2n) is 3.91. The fourth-order valence-electron chi connectivity index (χ4n) is 0.874. The zero-order valence-electron chi connectivity index (χ0n) is 8.00. The number of hydrogen-bond donors (Lipinski definition) is 2. The number of carbonyl (C=O) groups is 2. The summed E-state index contributed by atoms with van der Waals surface area (Å²) in [5.41, 5.74) is -0.386. The predicted octanol–water partition coefficient (Wildman–Crippen LogP) is 1.52. The van der Waals surface area contributed by atoms with E-state index < -0.39 is 18.4 Å². The molecule has 0 heterocycles. The first-order valence-electron chi connectivity index (χ1n) is 3.89. The number of carboxylic acid groups (broad SMARTS) is 2. The van der Waals surface area contributed by atoms with Gasteiger partial charge < -0.3 is 10.2 Å². The van der Waals surface area contributed by atoms with E-state index in [4.69, 9.17) is 10.2 Å². The first-order valence-corrected chi connectivity index (χ1v) is 3.89. The van der Waals surface area contributed by atoms with Crippen molar-refractivity contribution in [1.82, 2.24) is 0 Å². The molecule has 0 radical (unpaired) electrons. The molecule has 0 saturated carbocycles. The Morgan fingerprint density at radius 3 is 1.92 bits per heavy atom. The van der Waals surface area contributed by atoms with Crippen molar-refractivity contribution < 1.29 is 19.8 Å². The average molecular weight is 186 g/mol. The van der Waals surface area contributed by atoms with E-state index in [0.717, 1.165) is 0 Å². The van der Waals surface area contributed by atoms with E-state index in [1.54, 1.807) is 0 Å². The average Bonchev–Trinajstić information content (AvgIpc) is 1.81. The second kappa shape index (κ2) is 4.07. The van der Waals surface area contributed by atoms with Gasteiger partial charge in [-0.2, -0.15) is 0 Å². The maximum absolute atomic E-state index is 10.6. The van der Waals surface area contributed by atoms with Gasteiger partial charge in [-0.15, -0.1) is 0 Å². The van der Waals surface area contributed by atoms with E-state index in [1.165, 1.54) is 6.08 Å². The number of hydrogen-bond acceptors (Lipinski definition) is 2. The smallest absolute Gasteiger partial charge is 0.331 e. The van der Waals surface area contributed by atoms with E-state index in [-0.39, 0.29) is 11.0 Å². The summed E-state index contributed by atoms with van der Waals surface area (Å²) in [7, 11) is 0. The molecule has 4 nitrogen and oxygen atoms in total. The Balaban J connectivity index is 4.71. The Morgan fingerprint density at radius 1 is 1.23 bits per heavy atom. The van der Waals surface area contributed by atoms with Crippen LogP contribution in [0.25, 0.3) is 0 Å². The third-order valence-corrected chi connectivity index (χ3v) is 1.22. The highest BCUT2D eigenvalue weighted by Crippen LogP contribution is 2.19. The molecule has 0 spiro atoms. The van der Waals surface area contributed by atoms with Crippen molar-refractivity contribution in [2.45, 2.75) is 27.2 Å². The Bertz CT molecular complexity index is 245. The minimum Gasteiger partial charge on any atom is -0.481 e. The zero-order valence-corrected chi connectivity index (χ0v) is 8.00. The van der Waals surface area contributed by atoms with E-state index in [0.29, 0.717) is 0 Å². The third kappa shape index (κ3) is 5.90. The minimum atomic E-state index is -1.17. The lowest BCUT2D eigenvalue weighted by molar-refractivity contribution is -0.139. The number of carboxylic acids is 2. The summed E-state index contributed by atoms with van der Waals surface area (Å²) < 4.78 is 0. The Morgan fingerprint density at radius 2 is 1.69 bits per heavy atom. The molecule has 74 valence electrons. The summed E-state index contributed by atoms with van der Waals surface area (Å²) >= 11 is 0. The van der Waals surface area contributed by atoms with E-state index >= 15 is 0 Å². The molecule has 0 atom stereocenters. The topological polar surface area (TPSA) is 74.6 Å². The van der Waals surface area contributed by atoms with Crippen molar-refractivity contribution in [1.29, 1.82) is 0 Å². The minimum absolute atomic E-state index is 0.0694. The van der Waals surface area contributed by atoms with Crippen LogP contribution < -0.4 is 0 Å². The molecule has 0 amide bonds. The molecule has 0 unspecified atom stereocenters. The highest BCUT2D eigenvalue weighted by molar-refractivity contribution is 5.92. The first kappa shape index (κ1) is 11.7. The van der Waals surface area contributed by atoms with Gasteiger partial charge in [0.25, 0.3) is 0 Å². The SMILES string of the molecule is CC(C)(C)/C=C(/CC(=O)O)C(=O)O. The zero-order chi connectivity index (χ0) is 10.6. The van der Waals surface area contributed by atoms with Gasteiger partial charge in [-0.3, -0.25) is 4.79 Å². The first-order chi connectivity index (χ1) is 5.72. The van der Waals surface area contributed by atoms with Gasteiger partial charge >= 0.3 is 11.9 Å². The Kier molecular flexibility index (Phi) is 3.66. The van der Waals surface area contributed by atoms with Crippen LogP contribution in [-0.4, -0.2) is 22.2 Å². The summed E-state index contributed by atoms with van der Waals surface area (Å²) in [6.07, 6.45) is 1.02. The van der Waals surface area contributed by atoms with Gasteiger partial charge in [-0.05, 0) is 5.41 Å². The van der Waals surface area contributed by atoms with Gasteiger partial charge in [0.05, 0.1) is 6.42 Å².